The van der Waals surface area contributed by atoms with Crippen molar-refractivity contribution in [3.8, 4) is 51.0 Å². The molecule has 0 spiro atoms. The second-order valence-electron chi connectivity index (χ2n) is 35.6. The van der Waals surface area contributed by atoms with Crippen molar-refractivity contribution in [2.24, 2.45) is 0 Å². The number of piperazine rings is 3. The molecule has 36 heteroatoms. The maximum Gasteiger partial charge on any atom is 0.164 e. The lowest BCUT2D eigenvalue weighted by Crippen LogP contribution is -2.45. The number of aromatic nitrogens is 20. The third kappa shape index (κ3) is 18.2. The predicted molar refractivity (Wildman–Crippen MR) is 546 cm³/mol. The number of nitrogen functional groups attached to an aromatic ring is 4. The van der Waals surface area contributed by atoms with E-state index in [0.29, 0.717) is 99.4 Å². The van der Waals surface area contributed by atoms with E-state index in [2.05, 4.69) is 237 Å². The van der Waals surface area contributed by atoms with Crippen molar-refractivity contribution in [2.45, 2.75) is 66.7 Å². The number of phenols is 3. The van der Waals surface area contributed by atoms with E-state index in [1.165, 1.54) is 61.4 Å². The van der Waals surface area contributed by atoms with Gasteiger partial charge in [0, 0.05) is 158 Å². The summed E-state index contributed by atoms with van der Waals surface area (Å²) in [6, 6.07) is 51.7. The number of aryl methyl sites for hydroxylation is 4. The van der Waals surface area contributed by atoms with E-state index in [9.17, 15) is 19.7 Å². The Morgan fingerprint density at radius 3 is 0.920 bits per heavy atom. The number of anilines is 8. The molecule has 0 unspecified atom stereocenters. The van der Waals surface area contributed by atoms with Crippen LogP contribution in [0, 0.1) is 37.2 Å². The van der Waals surface area contributed by atoms with Gasteiger partial charge in [0.2, 0.25) is 0 Å². The van der Waals surface area contributed by atoms with Crippen LogP contribution < -0.4 is 42.5 Å². The largest absolute Gasteiger partial charge is 0.508 e. The topological polar surface area (TPSA) is 413 Å². The van der Waals surface area contributed by atoms with Gasteiger partial charge >= 0.3 is 0 Å². The van der Waals surface area contributed by atoms with E-state index in [0.717, 1.165) is 224 Å². The van der Waals surface area contributed by atoms with Gasteiger partial charge in [-0.25, -0.2) is 82.9 Å². The van der Waals surface area contributed by atoms with E-state index < -0.39 is 5.82 Å². The summed E-state index contributed by atoms with van der Waals surface area (Å²) in [6.45, 7) is 23.8. The Hall–Kier alpha value is -15.3. The van der Waals surface area contributed by atoms with E-state index in [-0.39, 0.29) is 23.1 Å². The Bertz CT molecular complexity index is 7810. The fourth-order valence-electron chi connectivity index (χ4n) is 18.9. The highest BCUT2D eigenvalue weighted by Gasteiger charge is 2.30. The molecular formula is C101H103FIN31O3. The predicted octanol–water partition coefficient (Wildman–Crippen LogP) is 14.0. The number of likely N-dealkylation sites (N-methyl/N-ethyl adjacent to an activating group) is 3. The molecule has 0 bridgehead atoms. The lowest BCUT2D eigenvalue weighted by atomic mass is 10.1. The molecule has 23 rings (SSSR count). The van der Waals surface area contributed by atoms with Crippen LogP contribution in [0.15, 0.2) is 189 Å². The van der Waals surface area contributed by atoms with Gasteiger partial charge in [-0.3, -0.25) is 0 Å². The zero-order valence-electron chi connectivity index (χ0n) is 77.0. The van der Waals surface area contributed by atoms with Gasteiger partial charge in [-0.1, -0.05) is 97.1 Å². The zero-order valence-corrected chi connectivity index (χ0v) is 79.2. The van der Waals surface area contributed by atoms with Crippen molar-refractivity contribution in [3.05, 3.63) is 243 Å². The second kappa shape index (κ2) is 37.9. The minimum absolute atomic E-state index is 0.164. The third-order valence-electron chi connectivity index (χ3n) is 26.1. The standard InChI is InChI=1S/C27H27FN8O.C27H28N8O.C26H25N7O.C21H23IN8/c1-16-4-3-5-17-10-19(26(32-23(16)17)35-8-6-34(2)7-9-35)14-36-27-22(25(29)30-15-31-27)24(33-36)18-11-20(28)13-21(37)12-18;1-17-5-3-6-18-13-20(26(31-23(17)18)34-11-9-33(2)10-12-34)15-35-27-22(25(28)29-16-30-27)24(32-35)19-7-4-8-21(36)14-19;1-16-6-4-7-17-12-19(25(30-22(16)17)32-10-2-3-11-32)14-33-26-21(24(27)28-15-29-26)23(31-33)18-8-5-9-20(34)13-18;1-13-4-3-5-14-10-15(20(26-17(13)14)29-8-6-28(2)7-9-29)11-30-21-16(18(22)27-30)19(23)24-12-25-21/h3-5,10-13,15,37H,6-9,14H2,1-2H3,(H2,29,30,31);3-8,13-14,16,36H,9-12,15H2,1-2H3,(H2,28,29,30);4-9,12-13,15,34H,2-3,10-11,14H2,1H3,(H2,27,28,29);3-5,10,12H,6-9,11H2,1-2H3,(H2,23,24,25). The molecule has 19 aromatic rings. The fraction of sp³-hybridized carbons (Fsp3) is 0.267. The van der Waals surface area contributed by atoms with Gasteiger partial charge in [0.15, 0.2) is 22.6 Å². The highest BCUT2D eigenvalue weighted by molar-refractivity contribution is 14.1. The molecule has 0 amide bonds. The number of aromatic hydroxyl groups is 3. The minimum Gasteiger partial charge on any atom is -0.508 e. The maximum atomic E-state index is 14.2. The van der Waals surface area contributed by atoms with Gasteiger partial charge in [-0.05, 0) is 167 Å². The molecule has 16 heterocycles. The van der Waals surface area contributed by atoms with Crippen molar-refractivity contribution in [2.75, 3.05) is 155 Å². The quantitative estimate of drug-likeness (QED) is 0.0469. The monoisotopic (exact) mass is 1940 g/mol. The van der Waals surface area contributed by atoms with Crippen LogP contribution in [0.25, 0.3) is 122 Å². The maximum absolute atomic E-state index is 14.2. The number of nitrogens with zero attached hydrogens (tertiary/aromatic N) is 27. The van der Waals surface area contributed by atoms with Gasteiger partial charge in [-0.15, -0.1) is 0 Å². The molecule has 4 aliphatic rings. The molecule has 137 heavy (non-hydrogen) atoms. The highest BCUT2D eigenvalue weighted by Crippen LogP contribution is 2.41. The summed E-state index contributed by atoms with van der Waals surface area (Å²) in [5, 5.41) is 56.5. The first-order chi connectivity index (χ1) is 66.4. The smallest absolute Gasteiger partial charge is 0.164 e. The number of halogens is 2. The lowest BCUT2D eigenvalue weighted by Gasteiger charge is -2.34. The van der Waals surface area contributed by atoms with E-state index in [4.69, 9.17) is 63.3 Å². The molecule has 34 nitrogen and oxygen atoms in total. The van der Waals surface area contributed by atoms with Crippen LogP contribution in [0.1, 0.15) is 57.3 Å². The van der Waals surface area contributed by atoms with Crippen LogP contribution in [0.3, 0.4) is 0 Å². The van der Waals surface area contributed by atoms with E-state index in [1.807, 2.05) is 32.2 Å². The molecule has 0 saturated carbocycles. The first-order valence-electron chi connectivity index (χ1n) is 45.7. The fourth-order valence-corrected chi connectivity index (χ4v) is 19.6. The van der Waals surface area contributed by atoms with Crippen molar-refractivity contribution in [3.63, 3.8) is 0 Å². The molecular weight excluding hydrogens is 1840 g/mol. The average Bonchev–Trinajstić information content (AvgIpc) is 1.48. The Morgan fingerprint density at radius 2 is 0.599 bits per heavy atom. The SMILES string of the molecule is Cc1cccc2cc(Cn3nc(-c4cc(O)cc(F)c4)c4c(N)ncnc43)c(N3CCN(C)CC3)nc12.Cc1cccc2cc(Cn3nc(-c4cccc(O)c4)c4c(N)ncnc43)c(N3CCCC3)nc12.Cc1cccc2cc(Cn3nc(-c4cccc(O)c4)c4c(N)ncnc43)c(N3CCN(C)CC3)nc12.Cc1cccc2cc(Cn3nc(I)c4c(N)ncnc43)c(N3CCN(C)CC3)nc12. The normalized spacial score (nSPS) is 14.6. The Balaban J connectivity index is 0.000000113. The summed E-state index contributed by atoms with van der Waals surface area (Å²) in [4.78, 5) is 71.7. The van der Waals surface area contributed by atoms with Gasteiger partial charge in [0.25, 0.3) is 0 Å². The van der Waals surface area contributed by atoms with Gasteiger partial charge in [0.05, 0.1) is 69.8 Å². The van der Waals surface area contributed by atoms with Crippen LogP contribution in [0.4, 0.5) is 50.9 Å². The van der Waals surface area contributed by atoms with Crippen molar-refractivity contribution >= 4 is 157 Å². The highest BCUT2D eigenvalue weighted by atomic mass is 127. The van der Waals surface area contributed by atoms with Gasteiger partial charge in [0.1, 0.15) is 116 Å². The van der Waals surface area contributed by atoms with E-state index >= 15 is 0 Å². The van der Waals surface area contributed by atoms with Crippen LogP contribution in [-0.2, 0) is 26.2 Å². The van der Waals surface area contributed by atoms with E-state index in [1.54, 1.807) is 41.1 Å². The molecule has 11 N–H and O–H groups in total. The van der Waals surface area contributed by atoms with Gasteiger partial charge in [-0.2, -0.15) is 20.4 Å². The first kappa shape index (κ1) is 89.6. The van der Waals surface area contributed by atoms with Gasteiger partial charge < -0.3 is 72.6 Å². The number of benzene rings is 7. The minimum atomic E-state index is -0.570. The number of para-hydroxylation sites is 4. The second-order valence-corrected chi connectivity index (χ2v) is 36.7. The first-order valence-corrected chi connectivity index (χ1v) is 46.8. The van der Waals surface area contributed by atoms with Crippen molar-refractivity contribution in [1.82, 2.24) is 114 Å². The molecule has 4 aliphatic heterocycles. The van der Waals surface area contributed by atoms with Crippen LogP contribution >= 0.6 is 22.6 Å². The molecule has 7 aromatic carbocycles. The molecule has 0 atom stereocenters. The molecule has 4 fully saturated rings. The molecule has 4 saturated heterocycles. The summed E-state index contributed by atoms with van der Waals surface area (Å²) in [5.41, 5.74) is 44.1. The number of nitrogens with two attached hydrogens (primary N) is 4. The summed E-state index contributed by atoms with van der Waals surface area (Å²) >= 11 is 2.20. The van der Waals surface area contributed by atoms with Crippen LogP contribution in [0.5, 0.6) is 17.2 Å². The van der Waals surface area contributed by atoms with Crippen molar-refractivity contribution in [1.29, 1.82) is 0 Å². The Morgan fingerprint density at radius 1 is 0.314 bits per heavy atom. The molecule has 0 aliphatic carbocycles. The number of hydrogen-bond donors (Lipinski definition) is 7. The number of rotatable bonds is 15. The zero-order chi connectivity index (χ0) is 94.6. The van der Waals surface area contributed by atoms with Crippen LogP contribution in [0.2, 0.25) is 0 Å². The molecule has 694 valence electrons. The third-order valence-corrected chi connectivity index (χ3v) is 26.9. The molecule has 0 radical (unpaired) electrons. The van der Waals surface area contributed by atoms with Crippen molar-refractivity contribution < 1.29 is 19.7 Å². The number of phenolic OH excluding ortho intramolecular Hbond substituents is 3. The lowest BCUT2D eigenvalue weighted by molar-refractivity contribution is 0.312. The summed E-state index contributed by atoms with van der Waals surface area (Å²) in [6.07, 6.45) is 8.16. The number of hydrogen-bond acceptors (Lipinski definition) is 30. The summed E-state index contributed by atoms with van der Waals surface area (Å²) < 4.78 is 22.4. The average molecular weight is 1950 g/mol. The number of pyridine rings is 4. The number of fused-ring (bicyclic) bond motifs is 8. The molecule has 12 aromatic heterocycles. The summed E-state index contributed by atoms with van der Waals surface area (Å²) in [7, 11) is 6.44. The summed E-state index contributed by atoms with van der Waals surface area (Å²) in [5.74, 6) is 4.92. The Kier molecular flexibility index (Phi) is 24.8. The Labute approximate surface area is 801 Å². The van der Waals surface area contributed by atoms with Crippen LogP contribution in [-0.4, -0.2) is 242 Å².